The van der Waals surface area contributed by atoms with Gasteiger partial charge >= 0.3 is 0 Å². The van der Waals surface area contributed by atoms with E-state index in [1.54, 1.807) is 11.8 Å². The van der Waals surface area contributed by atoms with E-state index < -0.39 is 5.41 Å². The van der Waals surface area contributed by atoms with Crippen molar-refractivity contribution in [2.24, 2.45) is 0 Å². The SMILES string of the molecule is CCOc1cccc2c1SCc1ccccc1C2(C#N)CCCN(C)CC. The smallest absolute Gasteiger partial charge is 0.133 e. The lowest BCUT2D eigenvalue weighted by atomic mass is 9.71. The van der Waals surface area contributed by atoms with Gasteiger partial charge in [-0.3, -0.25) is 0 Å². The Labute approximate surface area is 167 Å². The van der Waals surface area contributed by atoms with Gasteiger partial charge < -0.3 is 9.64 Å². The van der Waals surface area contributed by atoms with Gasteiger partial charge in [0.05, 0.1) is 17.6 Å². The molecule has 0 spiro atoms. The molecule has 0 radical (unpaired) electrons. The fraction of sp³-hybridized carbons (Fsp3) is 0.435. The molecule has 1 aliphatic rings. The first-order chi connectivity index (χ1) is 13.2. The minimum Gasteiger partial charge on any atom is -0.493 e. The van der Waals surface area contributed by atoms with Crippen molar-refractivity contribution in [1.82, 2.24) is 4.90 Å². The molecule has 2 aromatic carbocycles. The first-order valence-corrected chi connectivity index (χ1v) is 10.7. The third kappa shape index (κ3) is 3.85. The summed E-state index contributed by atoms with van der Waals surface area (Å²) < 4.78 is 5.92. The molecular formula is C23H28N2OS. The maximum atomic E-state index is 10.5. The summed E-state index contributed by atoms with van der Waals surface area (Å²) in [6.07, 6.45) is 1.79. The van der Waals surface area contributed by atoms with E-state index >= 15 is 0 Å². The summed E-state index contributed by atoms with van der Waals surface area (Å²) in [6.45, 7) is 6.83. The molecule has 0 N–H and O–H groups in total. The van der Waals surface area contributed by atoms with Gasteiger partial charge in [-0.1, -0.05) is 43.3 Å². The maximum absolute atomic E-state index is 10.5. The number of nitriles is 1. The van der Waals surface area contributed by atoms with Gasteiger partial charge in [-0.05, 0) is 62.7 Å². The van der Waals surface area contributed by atoms with Crippen LogP contribution in [0.4, 0.5) is 0 Å². The molecule has 0 bridgehead atoms. The molecule has 0 fully saturated rings. The van der Waals surface area contributed by atoms with Crippen molar-refractivity contribution < 1.29 is 4.74 Å². The van der Waals surface area contributed by atoms with E-state index in [4.69, 9.17) is 4.74 Å². The largest absolute Gasteiger partial charge is 0.493 e. The molecule has 1 unspecified atom stereocenters. The Morgan fingerprint density at radius 1 is 1.15 bits per heavy atom. The molecule has 142 valence electrons. The van der Waals surface area contributed by atoms with Gasteiger partial charge in [-0.15, -0.1) is 11.8 Å². The second kappa shape index (κ2) is 8.82. The zero-order valence-corrected chi connectivity index (χ0v) is 17.3. The summed E-state index contributed by atoms with van der Waals surface area (Å²) in [6, 6.07) is 17.4. The third-order valence-electron chi connectivity index (χ3n) is 5.41. The molecule has 27 heavy (non-hydrogen) atoms. The van der Waals surface area contributed by atoms with Crippen molar-refractivity contribution in [2.75, 3.05) is 26.7 Å². The first kappa shape index (κ1) is 19.8. The van der Waals surface area contributed by atoms with Crippen LogP contribution in [-0.4, -0.2) is 31.6 Å². The van der Waals surface area contributed by atoms with Crippen molar-refractivity contribution >= 4 is 11.8 Å². The number of hydrogen-bond donors (Lipinski definition) is 0. The molecule has 2 aromatic rings. The van der Waals surface area contributed by atoms with Gasteiger partial charge in [0.1, 0.15) is 11.2 Å². The van der Waals surface area contributed by atoms with Gasteiger partial charge in [-0.25, -0.2) is 0 Å². The lowest BCUT2D eigenvalue weighted by Gasteiger charge is -2.30. The Morgan fingerprint density at radius 3 is 2.67 bits per heavy atom. The van der Waals surface area contributed by atoms with Crippen LogP contribution in [0.3, 0.4) is 0 Å². The summed E-state index contributed by atoms with van der Waals surface area (Å²) in [5, 5.41) is 10.5. The highest BCUT2D eigenvalue weighted by molar-refractivity contribution is 7.98. The zero-order valence-electron chi connectivity index (χ0n) is 16.5. The highest BCUT2D eigenvalue weighted by Crippen LogP contribution is 2.49. The molecule has 0 saturated carbocycles. The van der Waals surface area contributed by atoms with Crippen LogP contribution in [-0.2, 0) is 11.2 Å². The average Bonchev–Trinajstić information content (AvgIpc) is 2.84. The highest BCUT2D eigenvalue weighted by atomic mass is 32.2. The molecule has 3 nitrogen and oxygen atoms in total. The highest BCUT2D eigenvalue weighted by Gasteiger charge is 2.40. The van der Waals surface area contributed by atoms with E-state index in [2.05, 4.69) is 55.3 Å². The fourth-order valence-electron chi connectivity index (χ4n) is 3.85. The van der Waals surface area contributed by atoms with Crippen molar-refractivity contribution in [3.63, 3.8) is 0 Å². The van der Waals surface area contributed by atoms with E-state index in [0.29, 0.717) is 6.61 Å². The lowest BCUT2D eigenvalue weighted by molar-refractivity contribution is 0.326. The van der Waals surface area contributed by atoms with Gasteiger partial charge in [0.25, 0.3) is 0 Å². The molecule has 4 heteroatoms. The number of ether oxygens (including phenoxy) is 1. The number of benzene rings is 2. The molecule has 1 atom stereocenters. The fourth-order valence-corrected chi connectivity index (χ4v) is 5.06. The molecule has 3 rings (SSSR count). The third-order valence-corrected chi connectivity index (χ3v) is 6.58. The minimum absolute atomic E-state index is 0.628. The van der Waals surface area contributed by atoms with Crippen LogP contribution in [0, 0.1) is 11.3 Å². The molecule has 1 aliphatic heterocycles. The summed E-state index contributed by atoms with van der Waals surface area (Å²) in [5.41, 5.74) is 2.89. The number of fused-ring (bicyclic) bond motifs is 2. The summed E-state index contributed by atoms with van der Waals surface area (Å²) >= 11 is 1.79. The van der Waals surface area contributed by atoms with Crippen LogP contribution >= 0.6 is 11.8 Å². The number of thioether (sulfide) groups is 1. The standard InChI is InChI=1S/C23H28N2OS/c1-4-25(3)15-9-14-23(17-24)19-11-7-6-10-18(19)16-27-22-20(23)12-8-13-21(22)26-5-2/h6-8,10-13H,4-5,9,14-16H2,1-3H3. The Kier molecular flexibility index (Phi) is 6.46. The number of hydrogen-bond acceptors (Lipinski definition) is 4. The molecule has 0 saturated heterocycles. The van der Waals surface area contributed by atoms with Crippen molar-refractivity contribution in [1.29, 1.82) is 5.26 Å². The van der Waals surface area contributed by atoms with E-state index in [-0.39, 0.29) is 0 Å². The van der Waals surface area contributed by atoms with Crippen LogP contribution in [0.15, 0.2) is 47.4 Å². The predicted octanol–water partition coefficient (Wildman–Crippen LogP) is 5.23. The van der Waals surface area contributed by atoms with Gasteiger partial charge in [0, 0.05) is 5.75 Å². The summed E-state index contributed by atoms with van der Waals surface area (Å²) in [7, 11) is 2.14. The average molecular weight is 381 g/mol. The quantitative estimate of drug-likeness (QED) is 0.659. The summed E-state index contributed by atoms with van der Waals surface area (Å²) in [4.78, 5) is 3.43. The zero-order chi connectivity index (χ0) is 19.3. The maximum Gasteiger partial charge on any atom is 0.133 e. The molecule has 0 aliphatic carbocycles. The van der Waals surface area contributed by atoms with Crippen LogP contribution in [0.25, 0.3) is 0 Å². The van der Waals surface area contributed by atoms with Gasteiger partial charge in [-0.2, -0.15) is 5.26 Å². The monoisotopic (exact) mass is 380 g/mol. The van der Waals surface area contributed by atoms with Crippen LogP contribution in [0.1, 0.15) is 43.4 Å². The molecule has 1 heterocycles. The van der Waals surface area contributed by atoms with E-state index in [1.165, 1.54) is 5.56 Å². The number of rotatable bonds is 7. The first-order valence-electron chi connectivity index (χ1n) is 9.73. The van der Waals surface area contributed by atoms with Gasteiger partial charge in [0.2, 0.25) is 0 Å². The van der Waals surface area contributed by atoms with E-state index in [0.717, 1.165) is 53.5 Å². The van der Waals surface area contributed by atoms with Crippen LogP contribution < -0.4 is 4.74 Å². The Bertz CT molecular complexity index is 829. The van der Waals surface area contributed by atoms with E-state index in [1.807, 2.05) is 19.1 Å². The Hall–Kier alpha value is -1.96. The molecule has 0 aromatic heterocycles. The summed E-state index contributed by atoms with van der Waals surface area (Å²) in [5.74, 6) is 1.77. The molecule has 0 amide bonds. The lowest BCUT2D eigenvalue weighted by Crippen LogP contribution is -2.29. The predicted molar refractivity (Wildman–Crippen MR) is 112 cm³/mol. The second-order valence-electron chi connectivity index (χ2n) is 7.03. The van der Waals surface area contributed by atoms with Crippen LogP contribution in [0.2, 0.25) is 0 Å². The molecular weight excluding hydrogens is 352 g/mol. The van der Waals surface area contributed by atoms with Crippen LogP contribution in [0.5, 0.6) is 5.75 Å². The minimum atomic E-state index is -0.628. The van der Waals surface area contributed by atoms with Crippen molar-refractivity contribution in [3.8, 4) is 11.8 Å². The van der Waals surface area contributed by atoms with Gasteiger partial charge in [0.15, 0.2) is 0 Å². The normalized spacial score (nSPS) is 18.3. The Morgan fingerprint density at radius 2 is 1.93 bits per heavy atom. The van der Waals surface area contributed by atoms with Crippen molar-refractivity contribution in [3.05, 3.63) is 59.2 Å². The second-order valence-corrected chi connectivity index (χ2v) is 8.01. The number of nitrogens with zero attached hydrogens (tertiary/aromatic N) is 2. The van der Waals surface area contributed by atoms with E-state index in [9.17, 15) is 5.26 Å². The Balaban J connectivity index is 2.12. The topological polar surface area (TPSA) is 36.3 Å². The van der Waals surface area contributed by atoms with Crippen molar-refractivity contribution in [2.45, 2.75) is 42.8 Å².